The predicted molar refractivity (Wildman–Crippen MR) is 151 cm³/mol. The lowest BCUT2D eigenvalue weighted by atomic mass is 9.84. The smallest absolute Gasteiger partial charge is 0.344 e. The molecule has 0 aliphatic heterocycles. The quantitative estimate of drug-likeness (QED) is 0.200. The van der Waals surface area contributed by atoms with Gasteiger partial charge in [0.2, 0.25) is 0 Å². The van der Waals surface area contributed by atoms with Crippen LogP contribution in [0.1, 0.15) is 22.6 Å². The first-order valence-corrected chi connectivity index (χ1v) is 12.4. The number of fused-ring (bicyclic) bond motifs is 6. The van der Waals surface area contributed by atoms with Crippen molar-refractivity contribution in [1.29, 1.82) is 0 Å². The van der Waals surface area contributed by atoms with Gasteiger partial charge in [-0.15, -0.1) is 0 Å². The SMILES string of the molecule is O=c1oc2c(ccc3ccccc32)c(O)c1C(c1ccccc1)c1c(O)c2ccc3ccccc3c2oc1=O. The average molecular weight is 513 g/mol. The fourth-order valence-corrected chi connectivity index (χ4v) is 5.49. The van der Waals surface area contributed by atoms with Crippen LogP contribution in [0, 0.1) is 0 Å². The van der Waals surface area contributed by atoms with Crippen LogP contribution in [0.5, 0.6) is 11.5 Å². The zero-order valence-electron chi connectivity index (χ0n) is 20.4. The first-order chi connectivity index (χ1) is 19.0. The van der Waals surface area contributed by atoms with E-state index in [4.69, 9.17) is 8.83 Å². The lowest BCUT2D eigenvalue weighted by Gasteiger charge is -2.20. The largest absolute Gasteiger partial charge is 0.507 e. The topological polar surface area (TPSA) is 101 Å². The molecule has 2 aromatic heterocycles. The van der Waals surface area contributed by atoms with Gasteiger partial charge in [-0.2, -0.15) is 0 Å². The van der Waals surface area contributed by atoms with Crippen LogP contribution in [-0.2, 0) is 0 Å². The van der Waals surface area contributed by atoms with Gasteiger partial charge in [-0.3, -0.25) is 0 Å². The fourth-order valence-electron chi connectivity index (χ4n) is 5.49. The molecule has 0 fully saturated rings. The molecule has 5 aromatic carbocycles. The highest BCUT2D eigenvalue weighted by atomic mass is 16.4. The van der Waals surface area contributed by atoms with Crippen molar-refractivity contribution in [2.45, 2.75) is 5.92 Å². The maximum Gasteiger partial charge on any atom is 0.344 e. The molecule has 0 aliphatic carbocycles. The van der Waals surface area contributed by atoms with E-state index in [1.54, 1.807) is 42.5 Å². The summed E-state index contributed by atoms with van der Waals surface area (Å²) in [6.45, 7) is 0. The van der Waals surface area contributed by atoms with E-state index >= 15 is 0 Å². The summed E-state index contributed by atoms with van der Waals surface area (Å²) in [5.41, 5.74) is -0.966. The Kier molecular flexibility index (Phi) is 5.03. The van der Waals surface area contributed by atoms with Crippen LogP contribution in [0.15, 0.2) is 122 Å². The lowest BCUT2D eigenvalue weighted by Crippen LogP contribution is -2.21. The van der Waals surface area contributed by atoms with E-state index in [0.717, 1.165) is 10.8 Å². The van der Waals surface area contributed by atoms with Gasteiger partial charge >= 0.3 is 11.3 Å². The molecule has 2 N–H and O–H groups in total. The first kappa shape index (κ1) is 22.8. The zero-order valence-corrected chi connectivity index (χ0v) is 20.4. The standard InChI is InChI=1S/C33H20O6/c34-28-23-16-14-18-8-4-6-12-21(18)30(23)38-32(36)26(28)25(20-10-2-1-3-11-20)27-29(35)24-17-15-19-9-5-7-13-22(19)31(24)39-33(27)37/h1-17,25,34-35H. The third-order valence-corrected chi connectivity index (χ3v) is 7.32. The Bertz CT molecular complexity index is 2050. The van der Waals surface area contributed by atoms with Crippen molar-refractivity contribution in [1.82, 2.24) is 0 Å². The molecular formula is C33H20O6. The summed E-state index contributed by atoms with van der Waals surface area (Å²) in [6, 6.07) is 30.5. The van der Waals surface area contributed by atoms with Gasteiger partial charge in [0, 0.05) is 10.8 Å². The molecule has 0 aliphatic rings. The number of hydrogen-bond donors (Lipinski definition) is 2. The van der Waals surface area contributed by atoms with Crippen LogP contribution >= 0.6 is 0 Å². The maximum absolute atomic E-state index is 13.6. The van der Waals surface area contributed by atoms with Crippen LogP contribution in [0.4, 0.5) is 0 Å². The van der Waals surface area contributed by atoms with E-state index in [-0.39, 0.29) is 33.8 Å². The first-order valence-electron chi connectivity index (χ1n) is 12.4. The highest BCUT2D eigenvalue weighted by Crippen LogP contribution is 2.43. The molecule has 188 valence electrons. The monoisotopic (exact) mass is 512 g/mol. The van der Waals surface area contributed by atoms with Crippen LogP contribution in [0.2, 0.25) is 0 Å². The van der Waals surface area contributed by atoms with Gasteiger partial charge in [-0.1, -0.05) is 91.0 Å². The summed E-state index contributed by atoms with van der Waals surface area (Å²) in [4.78, 5) is 27.2. The molecule has 0 bridgehead atoms. The average Bonchev–Trinajstić information content (AvgIpc) is 2.96. The minimum Gasteiger partial charge on any atom is -0.507 e. The molecule has 0 radical (unpaired) electrons. The third-order valence-electron chi connectivity index (χ3n) is 7.32. The van der Waals surface area contributed by atoms with E-state index in [1.807, 2.05) is 60.7 Å². The van der Waals surface area contributed by atoms with Crippen molar-refractivity contribution < 1.29 is 19.0 Å². The minimum absolute atomic E-state index is 0.160. The van der Waals surface area contributed by atoms with Gasteiger partial charge in [-0.25, -0.2) is 9.59 Å². The Labute approximate surface area is 220 Å². The van der Waals surface area contributed by atoms with E-state index in [2.05, 4.69) is 0 Å². The second-order valence-corrected chi connectivity index (χ2v) is 9.47. The zero-order chi connectivity index (χ0) is 26.7. The molecule has 6 heteroatoms. The molecule has 6 nitrogen and oxygen atoms in total. The van der Waals surface area contributed by atoms with Gasteiger partial charge in [0.15, 0.2) is 0 Å². The molecule has 0 atom stereocenters. The van der Waals surface area contributed by atoms with Gasteiger partial charge < -0.3 is 19.0 Å². The van der Waals surface area contributed by atoms with Crippen LogP contribution < -0.4 is 11.3 Å². The van der Waals surface area contributed by atoms with E-state index in [9.17, 15) is 19.8 Å². The van der Waals surface area contributed by atoms with E-state index in [1.165, 1.54) is 0 Å². The summed E-state index contributed by atoms with van der Waals surface area (Å²) in [6.07, 6.45) is 0. The number of aromatic hydroxyl groups is 2. The molecule has 0 saturated carbocycles. The second-order valence-electron chi connectivity index (χ2n) is 9.47. The normalized spacial score (nSPS) is 11.7. The Morgan fingerprint density at radius 1 is 0.487 bits per heavy atom. The van der Waals surface area contributed by atoms with Crippen molar-refractivity contribution >= 4 is 43.5 Å². The summed E-state index contributed by atoms with van der Waals surface area (Å²) < 4.78 is 11.6. The Hall–Kier alpha value is -5.36. The van der Waals surface area contributed by atoms with Crippen molar-refractivity contribution in [3.05, 3.63) is 141 Å². The maximum atomic E-state index is 13.6. The molecule has 0 saturated heterocycles. The minimum atomic E-state index is -1.16. The van der Waals surface area contributed by atoms with Gasteiger partial charge in [0.1, 0.15) is 22.7 Å². The highest BCUT2D eigenvalue weighted by molar-refractivity contribution is 6.07. The second kappa shape index (κ2) is 8.60. The summed E-state index contributed by atoms with van der Waals surface area (Å²) >= 11 is 0. The van der Waals surface area contributed by atoms with E-state index < -0.39 is 17.2 Å². The van der Waals surface area contributed by atoms with E-state index in [0.29, 0.717) is 27.1 Å². The third kappa shape index (κ3) is 3.42. The number of benzene rings is 5. The van der Waals surface area contributed by atoms with Gasteiger partial charge in [0.25, 0.3) is 0 Å². The van der Waals surface area contributed by atoms with Crippen molar-refractivity contribution in [3.8, 4) is 11.5 Å². The Balaban J connectivity index is 1.58. The lowest BCUT2D eigenvalue weighted by molar-refractivity contribution is 0.442. The fraction of sp³-hybridized carbons (Fsp3) is 0.0303. The Morgan fingerprint density at radius 2 is 0.923 bits per heavy atom. The Morgan fingerprint density at radius 3 is 1.41 bits per heavy atom. The number of rotatable bonds is 3. The van der Waals surface area contributed by atoms with Crippen molar-refractivity contribution in [3.63, 3.8) is 0 Å². The molecule has 0 unspecified atom stereocenters. The molecule has 39 heavy (non-hydrogen) atoms. The predicted octanol–water partition coefficient (Wildman–Crippen LogP) is 6.80. The van der Waals surface area contributed by atoms with Gasteiger partial charge in [0.05, 0.1) is 27.8 Å². The summed E-state index contributed by atoms with van der Waals surface area (Å²) in [5.74, 6) is -1.80. The summed E-state index contributed by atoms with van der Waals surface area (Å²) in [5, 5.41) is 26.8. The molecular weight excluding hydrogens is 492 g/mol. The highest BCUT2D eigenvalue weighted by Gasteiger charge is 2.32. The van der Waals surface area contributed by atoms with Crippen molar-refractivity contribution in [2.24, 2.45) is 0 Å². The summed E-state index contributed by atoms with van der Waals surface area (Å²) in [7, 11) is 0. The molecule has 7 aromatic rings. The number of hydrogen-bond acceptors (Lipinski definition) is 6. The van der Waals surface area contributed by atoms with Crippen LogP contribution in [0.25, 0.3) is 43.5 Å². The molecule has 0 amide bonds. The van der Waals surface area contributed by atoms with Crippen LogP contribution in [-0.4, -0.2) is 10.2 Å². The molecule has 0 spiro atoms. The van der Waals surface area contributed by atoms with Gasteiger partial charge in [-0.05, 0) is 28.5 Å². The van der Waals surface area contributed by atoms with Crippen molar-refractivity contribution in [2.75, 3.05) is 0 Å². The van der Waals surface area contributed by atoms with Crippen LogP contribution in [0.3, 0.4) is 0 Å². The molecule has 7 rings (SSSR count). The molecule has 2 heterocycles.